The molecule has 27 heavy (non-hydrogen) atoms. The van der Waals surface area contributed by atoms with E-state index in [-0.39, 0.29) is 19.8 Å². The van der Waals surface area contributed by atoms with Gasteiger partial charge in [0.1, 0.15) is 11.7 Å². The summed E-state index contributed by atoms with van der Waals surface area (Å²) in [6.07, 6.45) is 0. The Morgan fingerprint density at radius 2 is 1.96 bits per heavy atom. The Kier molecular flexibility index (Phi) is 7.61. The van der Waals surface area contributed by atoms with Gasteiger partial charge in [0.15, 0.2) is 11.7 Å². The molecule has 0 spiro atoms. The lowest BCUT2D eigenvalue weighted by atomic mass is 9.88. The highest BCUT2D eigenvalue weighted by Gasteiger charge is 2.39. The molecule has 2 N–H and O–H groups in total. The smallest absolute Gasteiger partial charge is 0.344 e. The van der Waals surface area contributed by atoms with Gasteiger partial charge in [-0.25, -0.2) is 4.79 Å². The van der Waals surface area contributed by atoms with E-state index in [9.17, 15) is 9.59 Å². The molecule has 0 radical (unpaired) electrons. The second-order valence-corrected chi connectivity index (χ2v) is 6.93. The third-order valence-corrected chi connectivity index (χ3v) is 4.48. The second kappa shape index (κ2) is 9.70. The van der Waals surface area contributed by atoms with Crippen molar-refractivity contribution in [1.29, 1.82) is 0 Å². The molecule has 7 nitrogen and oxygen atoms in total. The van der Waals surface area contributed by atoms with Gasteiger partial charge in [-0.3, -0.25) is 4.79 Å². The van der Waals surface area contributed by atoms with Gasteiger partial charge in [0, 0.05) is 15.7 Å². The summed E-state index contributed by atoms with van der Waals surface area (Å²) < 4.78 is 16.5. The molecule has 0 aromatic heterocycles. The van der Waals surface area contributed by atoms with E-state index in [1.54, 1.807) is 32.0 Å². The first-order chi connectivity index (χ1) is 12.9. The molecule has 0 bridgehead atoms. The Morgan fingerprint density at radius 1 is 1.26 bits per heavy atom. The van der Waals surface area contributed by atoms with Crippen molar-refractivity contribution in [2.24, 2.45) is 5.92 Å². The predicted molar refractivity (Wildman–Crippen MR) is 107 cm³/mol. The molecule has 1 aromatic carbocycles. The third-order valence-electron chi connectivity index (χ3n) is 3.77. The van der Waals surface area contributed by atoms with Gasteiger partial charge in [-0.2, -0.15) is 0 Å². The SMILES string of the molecule is C=C1NC(=S)N[C@@H](c2cc(Br)ccc2OCC(=O)OCC)[C@@H]1C(=O)OCC. The van der Waals surface area contributed by atoms with E-state index in [2.05, 4.69) is 33.1 Å². The quantitative estimate of drug-likeness (QED) is 0.478. The molecule has 0 saturated carbocycles. The minimum Gasteiger partial charge on any atom is -0.482 e. The second-order valence-electron chi connectivity index (χ2n) is 5.61. The Labute approximate surface area is 171 Å². The molecule has 1 saturated heterocycles. The van der Waals surface area contributed by atoms with Crippen molar-refractivity contribution in [3.8, 4) is 5.75 Å². The van der Waals surface area contributed by atoms with Gasteiger partial charge in [0.25, 0.3) is 0 Å². The summed E-state index contributed by atoms with van der Waals surface area (Å²) in [6, 6.07) is 4.71. The normalized spacial score (nSPS) is 18.9. The van der Waals surface area contributed by atoms with Crippen molar-refractivity contribution in [2.75, 3.05) is 19.8 Å². The predicted octanol–water partition coefficient (Wildman–Crippen LogP) is 2.60. The van der Waals surface area contributed by atoms with Crippen molar-refractivity contribution in [3.63, 3.8) is 0 Å². The maximum absolute atomic E-state index is 12.5. The first-order valence-electron chi connectivity index (χ1n) is 8.38. The highest BCUT2D eigenvalue weighted by Crippen LogP contribution is 2.37. The molecule has 0 unspecified atom stereocenters. The summed E-state index contributed by atoms with van der Waals surface area (Å²) in [5.74, 6) is -1.22. The topological polar surface area (TPSA) is 85.9 Å². The summed E-state index contributed by atoms with van der Waals surface area (Å²) >= 11 is 8.64. The van der Waals surface area contributed by atoms with Crippen molar-refractivity contribution in [1.82, 2.24) is 10.6 Å². The molecule has 9 heteroatoms. The molecule has 2 atom stereocenters. The molecule has 1 aromatic rings. The third kappa shape index (κ3) is 5.43. The summed E-state index contributed by atoms with van der Waals surface area (Å²) in [7, 11) is 0. The van der Waals surface area contributed by atoms with Crippen LogP contribution >= 0.6 is 28.1 Å². The van der Waals surface area contributed by atoms with Crippen molar-refractivity contribution in [3.05, 3.63) is 40.5 Å². The summed E-state index contributed by atoms with van der Waals surface area (Å²) in [4.78, 5) is 24.2. The number of carbonyl (C=O) groups is 2. The van der Waals surface area contributed by atoms with Crippen LogP contribution in [0.3, 0.4) is 0 Å². The van der Waals surface area contributed by atoms with Gasteiger partial charge in [-0.15, -0.1) is 0 Å². The van der Waals surface area contributed by atoms with Gasteiger partial charge in [0.05, 0.1) is 19.3 Å². The number of benzene rings is 1. The van der Waals surface area contributed by atoms with Crippen molar-refractivity contribution < 1.29 is 23.8 Å². The fourth-order valence-corrected chi connectivity index (χ4v) is 3.32. The highest BCUT2D eigenvalue weighted by molar-refractivity contribution is 9.10. The maximum Gasteiger partial charge on any atom is 0.344 e. The van der Waals surface area contributed by atoms with Crippen LogP contribution in [0.4, 0.5) is 0 Å². The zero-order chi connectivity index (χ0) is 20.0. The minimum atomic E-state index is -0.726. The Bertz CT molecular complexity index is 755. The monoisotopic (exact) mass is 456 g/mol. The van der Waals surface area contributed by atoms with Gasteiger partial charge < -0.3 is 24.8 Å². The van der Waals surface area contributed by atoms with E-state index in [0.29, 0.717) is 22.1 Å². The van der Waals surface area contributed by atoms with E-state index in [4.69, 9.17) is 26.4 Å². The van der Waals surface area contributed by atoms with Crippen LogP contribution in [-0.2, 0) is 19.1 Å². The van der Waals surface area contributed by atoms with Crippen molar-refractivity contribution in [2.45, 2.75) is 19.9 Å². The summed E-state index contributed by atoms with van der Waals surface area (Å²) in [5, 5.41) is 6.28. The number of esters is 2. The lowest BCUT2D eigenvalue weighted by molar-refractivity contribution is -0.148. The molecular formula is C18H21BrN2O5S. The van der Waals surface area contributed by atoms with Crippen LogP contribution in [0.1, 0.15) is 25.5 Å². The average Bonchev–Trinajstić information content (AvgIpc) is 2.60. The highest BCUT2D eigenvalue weighted by atomic mass is 79.9. The molecule has 146 valence electrons. The molecule has 1 aliphatic rings. The number of halogens is 1. The van der Waals surface area contributed by atoms with Crippen LogP contribution in [0.2, 0.25) is 0 Å². The van der Waals surface area contributed by atoms with E-state index in [1.165, 1.54) is 0 Å². The minimum absolute atomic E-state index is 0.241. The molecule has 1 fully saturated rings. The fraction of sp³-hybridized carbons (Fsp3) is 0.389. The number of rotatable bonds is 7. The lowest BCUT2D eigenvalue weighted by Crippen LogP contribution is -2.51. The molecule has 0 amide bonds. The largest absolute Gasteiger partial charge is 0.482 e. The first-order valence-corrected chi connectivity index (χ1v) is 9.58. The number of carbonyl (C=O) groups excluding carboxylic acids is 2. The van der Waals surface area contributed by atoms with Gasteiger partial charge >= 0.3 is 11.9 Å². The number of hydrogen-bond acceptors (Lipinski definition) is 6. The zero-order valence-electron chi connectivity index (χ0n) is 15.0. The van der Waals surface area contributed by atoms with Crippen LogP contribution in [0.5, 0.6) is 5.75 Å². The van der Waals surface area contributed by atoms with Crippen LogP contribution in [-0.4, -0.2) is 36.9 Å². The number of nitrogens with one attached hydrogen (secondary N) is 2. The lowest BCUT2D eigenvalue weighted by Gasteiger charge is -2.35. The molecule has 1 heterocycles. The summed E-state index contributed by atoms with van der Waals surface area (Å²) in [5.41, 5.74) is 1.07. The van der Waals surface area contributed by atoms with E-state index in [1.807, 2.05) is 0 Å². The van der Waals surface area contributed by atoms with E-state index >= 15 is 0 Å². The van der Waals surface area contributed by atoms with Crippen molar-refractivity contribution >= 4 is 45.2 Å². The standard InChI is InChI=1S/C18H21BrN2O5S/c1-4-24-14(22)9-26-13-7-6-11(19)8-12(13)16-15(17(23)25-5-2)10(3)20-18(27)21-16/h6-8,15-16H,3-5,9H2,1-2H3,(H2,20,21,27)/t15-,16+/m1/s1. The Hall–Kier alpha value is -2.13. The maximum atomic E-state index is 12.5. The molecule has 0 aliphatic carbocycles. The first kappa shape index (κ1) is 21.2. The van der Waals surface area contributed by atoms with E-state index < -0.39 is 23.9 Å². The number of thiocarbonyl (C=S) groups is 1. The Balaban J connectivity index is 2.37. The van der Waals surface area contributed by atoms with Crippen LogP contribution < -0.4 is 15.4 Å². The molecule has 1 aliphatic heterocycles. The van der Waals surface area contributed by atoms with Gasteiger partial charge in [-0.1, -0.05) is 22.5 Å². The number of hydrogen-bond donors (Lipinski definition) is 2. The van der Waals surface area contributed by atoms with Gasteiger partial charge in [0.2, 0.25) is 0 Å². The van der Waals surface area contributed by atoms with Gasteiger partial charge in [-0.05, 0) is 44.3 Å². The zero-order valence-corrected chi connectivity index (χ0v) is 17.4. The fourth-order valence-electron chi connectivity index (χ4n) is 2.69. The number of ether oxygens (including phenoxy) is 3. The molecular weight excluding hydrogens is 436 g/mol. The van der Waals surface area contributed by atoms with Crippen LogP contribution in [0.25, 0.3) is 0 Å². The molecule has 2 rings (SSSR count). The van der Waals surface area contributed by atoms with Crippen LogP contribution in [0.15, 0.2) is 34.9 Å². The summed E-state index contributed by atoms with van der Waals surface area (Å²) in [6.45, 7) is 7.62. The van der Waals surface area contributed by atoms with E-state index in [0.717, 1.165) is 4.47 Å². The van der Waals surface area contributed by atoms with Crippen LogP contribution in [0, 0.1) is 5.92 Å². The Morgan fingerprint density at radius 3 is 2.63 bits per heavy atom. The average molecular weight is 457 g/mol.